The van der Waals surface area contributed by atoms with E-state index in [2.05, 4.69) is 36.2 Å². The van der Waals surface area contributed by atoms with Crippen molar-refractivity contribution >= 4 is 22.9 Å². The first-order chi connectivity index (χ1) is 14.0. The first-order valence-corrected chi connectivity index (χ1v) is 10.9. The maximum Gasteiger partial charge on any atom is 0.261 e. The Hall–Kier alpha value is -2.25. The molecule has 1 aromatic heterocycles. The summed E-state index contributed by atoms with van der Waals surface area (Å²) in [5.41, 5.74) is 1.96. The van der Waals surface area contributed by atoms with Crippen LogP contribution in [0.2, 0.25) is 0 Å². The number of benzene rings is 1. The van der Waals surface area contributed by atoms with Gasteiger partial charge >= 0.3 is 0 Å². The molecule has 1 amide bonds. The third kappa shape index (κ3) is 5.64. The highest BCUT2D eigenvalue weighted by molar-refractivity contribution is 7.17. The van der Waals surface area contributed by atoms with Crippen LogP contribution in [-0.2, 0) is 0 Å². The van der Waals surface area contributed by atoms with Gasteiger partial charge in [0.15, 0.2) is 11.5 Å². The molecule has 1 N–H and O–H groups in total. The molecule has 0 saturated heterocycles. The van der Waals surface area contributed by atoms with E-state index in [1.807, 2.05) is 38.1 Å². The number of methoxy groups -OCH3 is 1. The van der Waals surface area contributed by atoms with Gasteiger partial charge in [-0.2, -0.15) is 0 Å². The standard InChI is InChI=1S/C22H33N3O3S/c1-7-25(8-2)17-11-10-16(20(28-9-3)21(17)27-6)18-12-13-19(29-18)22(26)23-14-15-24(4)5/h10-13H,7-9,14-15H2,1-6H3,(H,23,26). The van der Waals surface area contributed by atoms with Crippen LogP contribution in [0.1, 0.15) is 30.4 Å². The van der Waals surface area contributed by atoms with Crippen LogP contribution in [0.5, 0.6) is 11.5 Å². The Kier molecular flexibility index (Phi) is 8.79. The number of hydrogen-bond donors (Lipinski definition) is 1. The SMILES string of the molecule is CCOc1c(-c2ccc(C(=O)NCCN(C)C)s2)ccc(N(CC)CC)c1OC. The van der Waals surface area contributed by atoms with Gasteiger partial charge in [0.05, 0.1) is 24.3 Å². The molecule has 0 aliphatic carbocycles. The van der Waals surface area contributed by atoms with E-state index >= 15 is 0 Å². The molecule has 1 heterocycles. The molecule has 1 aromatic carbocycles. The summed E-state index contributed by atoms with van der Waals surface area (Å²) in [7, 11) is 5.65. The van der Waals surface area contributed by atoms with Crippen LogP contribution in [0.4, 0.5) is 5.69 Å². The van der Waals surface area contributed by atoms with Crippen LogP contribution >= 0.6 is 11.3 Å². The second-order valence-electron chi connectivity index (χ2n) is 6.82. The second kappa shape index (κ2) is 11.1. The average Bonchev–Trinajstić information content (AvgIpc) is 3.19. The molecule has 0 unspecified atom stereocenters. The lowest BCUT2D eigenvalue weighted by Gasteiger charge is -2.25. The predicted molar refractivity (Wildman–Crippen MR) is 122 cm³/mol. The van der Waals surface area contributed by atoms with E-state index in [0.717, 1.165) is 47.3 Å². The van der Waals surface area contributed by atoms with Crippen LogP contribution in [0, 0.1) is 0 Å². The first kappa shape index (κ1) is 23.0. The molecule has 6 nitrogen and oxygen atoms in total. The number of nitrogens with one attached hydrogen (secondary N) is 1. The van der Waals surface area contributed by atoms with Crippen molar-refractivity contribution in [2.75, 3.05) is 58.9 Å². The van der Waals surface area contributed by atoms with Gasteiger partial charge in [-0.05, 0) is 59.1 Å². The van der Waals surface area contributed by atoms with Crippen molar-refractivity contribution in [2.45, 2.75) is 20.8 Å². The summed E-state index contributed by atoms with van der Waals surface area (Å²) < 4.78 is 11.8. The summed E-state index contributed by atoms with van der Waals surface area (Å²) in [6.07, 6.45) is 0. The lowest BCUT2D eigenvalue weighted by Crippen LogP contribution is -2.30. The molecule has 0 radical (unpaired) electrons. The fourth-order valence-electron chi connectivity index (χ4n) is 3.13. The smallest absolute Gasteiger partial charge is 0.261 e. The summed E-state index contributed by atoms with van der Waals surface area (Å²) >= 11 is 1.46. The molecule has 0 spiro atoms. The number of likely N-dealkylation sites (N-methyl/N-ethyl adjacent to an activating group) is 1. The highest BCUT2D eigenvalue weighted by Crippen LogP contribution is 2.46. The van der Waals surface area contributed by atoms with E-state index < -0.39 is 0 Å². The average molecular weight is 420 g/mol. The van der Waals surface area contributed by atoms with Crippen molar-refractivity contribution in [3.05, 3.63) is 29.1 Å². The van der Waals surface area contributed by atoms with E-state index in [4.69, 9.17) is 9.47 Å². The van der Waals surface area contributed by atoms with E-state index in [1.54, 1.807) is 7.11 Å². The number of ether oxygens (including phenoxy) is 2. The summed E-state index contributed by atoms with van der Waals surface area (Å²) in [5, 5.41) is 2.96. The molecule has 2 rings (SSSR count). The van der Waals surface area contributed by atoms with Gasteiger partial charge in [0, 0.05) is 36.6 Å². The van der Waals surface area contributed by atoms with Gasteiger partial charge in [0.2, 0.25) is 0 Å². The van der Waals surface area contributed by atoms with Gasteiger partial charge in [-0.15, -0.1) is 11.3 Å². The zero-order chi connectivity index (χ0) is 21.4. The van der Waals surface area contributed by atoms with Gasteiger partial charge in [-0.25, -0.2) is 0 Å². The normalized spacial score (nSPS) is 10.9. The minimum atomic E-state index is -0.0483. The minimum absolute atomic E-state index is 0.0483. The molecule has 160 valence electrons. The lowest BCUT2D eigenvalue weighted by atomic mass is 10.1. The van der Waals surface area contributed by atoms with Crippen LogP contribution in [0.15, 0.2) is 24.3 Å². The molecule has 0 aliphatic rings. The van der Waals surface area contributed by atoms with E-state index in [9.17, 15) is 4.79 Å². The summed E-state index contributed by atoms with van der Waals surface area (Å²) in [6.45, 7) is 9.94. The number of nitrogens with zero attached hydrogens (tertiary/aromatic N) is 2. The quantitative estimate of drug-likeness (QED) is 0.597. The molecule has 0 fully saturated rings. The monoisotopic (exact) mass is 419 g/mol. The number of carbonyl (C=O) groups excluding carboxylic acids is 1. The highest BCUT2D eigenvalue weighted by atomic mass is 32.1. The number of amides is 1. The molecule has 2 aromatic rings. The summed E-state index contributed by atoms with van der Waals surface area (Å²) in [4.78, 5) is 18.4. The van der Waals surface area contributed by atoms with E-state index in [0.29, 0.717) is 18.0 Å². The number of thiophene rings is 1. The molecule has 0 bridgehead atoms. The van der Waals surface area contributed by atoms with Crippen molar-refractivity contribution in [1.82, 2.24) is 10.2 Å². The van der Waals surface area contributed by atoms with Crippen LogP contribution in [-0.4, -0.2) is 64.8 Å². The topological polar surface area (TPSA) is 54.0 Å². The Morgan fingerprint density at radius 1 is 1.07 bits per heavy atom. The Bertz CT molecular complexity index is 801. The van der Waals surface area contributed by atoms with Gasteiger partial charge in [-0.1, -0.05) is 0 Å². The van der Waals surface area contributed by atoms with Crippen molar-refractivity contribution in [3.63, 3.8) is 0 Å². The molecule has 0 aliphatic heterocycles. The summed E-state index contributed by atoms with van der Waals surface area (Å²) in [6, 6.07) is 7.96. The first-order valence-electron chi connectivity index (χ1n) is 10.1. The Balaban J connectivity index is 2.37. The fourth-order valence-corrected chi connectivity index (χ4v) is 4.07. The predicted octanol–water partition coefficient (Wildman–Crippen LogP) is 3.96. The second-order valence-corrected chi connectivity index (χ2v) is 7.91. The van der Waals surface area contributed by atoms with Crippen molar-refractivity contribution in [2.24, 2.45) is 0 Å². The van der Waals surface area contributed by atoms with E-state index in [1.165, 1.54) is 11.3 Å². The number of rotatable bonds is 11. The number of hydrogen-bond acceptors (Lipinski definition) is 6. The molecule has 29 heavy (non-hydrogen) atoms. The van der Waals surface area contributed by atoms with Crippen LogP contribution in [0.3, 0.4) is 0 Å². The van der Waals surface area contributed by atoms with Crippen molar-refractivity contribution in [3.8, 4) is 21.9 Å². The molecule has 7 heteroatoms. The minimum Gasteiger partial charge on any atom is -0.491 e. The van der Waals surface area contributed by atoms with Gasteiger partial charge in [0.25, 0.3) is 5.91 Å². The Labute approximate surface area is 178 Å². The maximum atomic E-state index is 12.4. The number of anilines is 1. The zero-order valence-corrected chi connectivity index (χ0v) is 19.2. The van der Waals surface area contributed by atoms with Gasteiger partial charge < -0.3 is 24.6 Å². The maximum absolute atomic E-state index is 12.4. The largest absolute Gasteiger partial charge is 0.491 e. The molecular formula is C22H33N3O3S. The number of carbonyl (C=O) groups is 1. The van der Waals surface area contributed by atoms with Crippen molar-refractivity contribution < 1.29 is 14.3 Å². The lowest BCUT2D eigenvalue weighted by molar-refractivity contribution is 0.0955. The molecular weight excluding hydrogens is 386 g/mol. The molecule has 0 atom stereocenters. The fraction of sp³-hybridized carbons (Fsp3) is 0.500. The van der Waals surface area contributed by atoms with E-state index in [-0.39, 0.29) is 5.91 Å². The Morgan fingerprint density at radius 2 is 1.79 bits per heavy atom. The summed E-state index contributed by atoms with van der Waals surface area (Å²) in [5.74, 6) is 1.41. The Morgan fingerprint density at radius 3 is 2.38 bits per heavy atom. The highest BCUT2D eigenvalue weighted by Gasteiger charge is 2.21. The third-order valence-electron chi connectivity index (χ3n) is 4.63. The van der Waals surface area contributed by atoms with Gasteiger partial charge in [-0.3, -0.25) is 4.79 Å². The zero-order valence-electron chi connectivity index (χ0n) is 18.4. The van der Waals surface area contributed by atoms with Crippen LogP contribution < -0.4 is 19.7 Å². The van der Waals surface area contributed by atoms with Crippen LogP contribution in [0.25, 0.3) is 10.4 Å². The molecule has 0 saturated carbocycles. The van der Waals surface area contributed by atoms with Gasteiger partial charge in [0.1, 0.15) is 0 Å². The van der Waals surface area contributed by atoms with Crippen molar-refractivity contribution in [1.29, 1.82) is 0 Å². The third-order valence-corrected chi connectivity index (χ3v) is 5.75.